The Morgan fingerprint density at radius 3 is 2.57 bits per heavy atom. The molecule has 1 N–H and O–H groups in total. The summed E-state index contributed by atoms with van der Waals surface area (Å²) in [5.41, 5.74) is 0.821. The molecule has 2 aromatic rings. The van der Waals surface area contributed by atoms with Gasteiger partial charge in [-0.3, -0.25) is 4.79 Å². The van der Waals surface area contributed by atoms with Crippen molar-refractivity contribution < 1.29 is 27.4 Å². The number of benzene rings is 2. The lowest BCUT2D eigenvalue weighted by atomic mass is 10.1. The van der Waals surface area contributed by atoms with Crippen LogP contribution >= 0.6 is 0 Å². The number of para-hydroxylation sites is 3. The molecule has 1 heterocycles. The van der Waals surface area contributed by atoms with Gasteiger partial charge in [-0.1, -0.05) is 30.3 Å². The van der Waals surface area contributed by atoms with Gasteiger partial charge in [-0.15, -0.1) is 13.2 Å². The van der Waals surface area contributed by atoms with Gasteiger partial charge < -0.3 is 14.8 Å². The van der Waals surface area contributed by atoms with Crippen molar-refractivity contribution >= 4 is 11.6 Å². The number of halogens is 3. The van der Waals surface area contributed by atoms with E-state index < -0.39 is 24.1 Å². The molecule has 0 saturated carbocycles. The molecule has 1 aliphatic rings. The van der Waals surface area contributed by atoms with Crippen LogP contribution < -0.4 is 14.8 Å². The molecule has 0 bridgehead atoms. The topological polar surface area (TPSA) is 47.6 Å². The number of carbonyl (C=O) groups excluding carboxylic acids is 1. The second kappa shape index (κ2) is 5.83. The second-order valence-corrected chi connectivity index (χ2v) is 4.95. The lowest BCUT2D eigenvalue weighted by Crippen LogP contribution is -2.31. The molecule has 1 aliphatic heterocycles. The fourth-order valence-electron chi connectivity index (χ4n) is 2.33. The first kappa shape index (κ1) is 15.2. The van der Waals surface area contributed by atoms with Crippen molar-refractivity contribution in [1.82, 2.24) is 0 Å². The average molecular weight is 323 g/mol. The van der Waals surface area contributed by atoms with Gasteiger partial charge in [-0.2, -0.15) is 0 Å². The summed E-state index contributed by atoms with van der Waals surface area (Å²) in [5, 5.41) is 2.42. The van der Waals surface area contributed by atoms with Crippen molar-refractivity contribution in [1.29, 1.82) is 0 Å². The largest absolute Gasteiger partial charge is 0.573 e. The molecule has 2 aromatic carbocycles. The Kier molecular flexibility index (Phi) is 3.85. The fraction of sp³-hybridized carbons (Fsp3) is 0.188. The predicted octanol–water partition coefficient (Wildman–Crippen LogP) is 3.53. The lowest BCUT2D eigenvalue weighted by molar-refractivity contribution is -0.274. The number of anilines is 1. The fourth-order valence-corrected chi connectivity index (χ4v) is 2.33. The molecule has 7 heteroatoms. The first-order valence-corrected chi connectivity index (χ1v) is 6.82. The zero-order valence-electron chi connectivity index (χ0n) is 11.8. The summed E-state index contributed by atoms with van der Waals surface area (Å²) >= 11 is 0. The van der Waals surface area contributed by atoms with E-state index in [1.54, 1.807) is 12.1 Å². The molecule has 1 amide bonds. The SMILES string of the molecule is O=C(Nc1ccccc1OC(F)(F)F)C1Cc2ccccc2O1. The molecule has 0 aromatic heterocycles. The molecular weight excluding hydrogens is 311 g/mol. The number of amides is 1. The molecule has 120 valence electrons. The Bertz CT molecular complexity index is 706. The maximum atomic E-state index is 12.4. The van der Waals surface area contributed by atoms with Crippen molar-refractivity contribution in [3.63, 3.8) is 0 Å². The highest BCUT2D eigenvalue weighted by molar-refractivity contribution is 5.96. The van der Waals surface area contributed by atoms with Gasteiger partial charge in [0.1, 0.15) is 5.75 Å². The highest BCUT2D eigenvalue weighted by Gasteiger charge is 2.33. The third-order valence-electron chi connectivity index (χ3n) is 3.31. The van der Waals surface area contributed by atoms with Crippen LogP contribution in [-0.4, -0.2) is 18.4 Å². The summed E-state index contributed by atoms with van der Waals surface area (Å²) in [5.74, 6) is -0.393. The van der Waals surface area contributed by atoms with Crippen molar-refractivity contribution in [3.05, 3.63) is 54.1 Å². The van der Waals surface area contributed by atoms with E-state index in [1.165, 1.54) is 18.2 Å². The number of fused-ring (bicyclic) bond motifs is 1. The Labute approximate surface area is 129 Å². The van der Waals surface area contributed by atoms with Crippen LogP contribution in [0.1, 0.15) is 5.56 Å². The predicted molar refractivity (Wildman–Crippen MR) is 76.3 cm³/mol. The smallest absolute Gasteiger partial charge is 0.480 e. The van der Waals surface area contributed by atoms with Gasteiger partial charge in [0.2, 0.25) is 0 Å². The van der Waals surface area contributed by atoms with E-state index >= 15 is 0 Å². The quantitative estimate of drug-likeness (QED) is 0.940. The summed E-state index contributed by atoms with van der Waals surface area (Å²) < 4.78 is 46.5. The third kappa shape index (κ3) is 3.56. The van der Waals surface area contributed by atoms with Crippen LogP contribution in [0.5, 0.6) is 11.5 Å². The summed E-state index contributed by atoms with van der Waals surface area (Å²) in [7, 11) is 0. The van der Waals surface area contributed by atoms with Crippen molar-refractivity contribution in [2.75, 3.05) is 5.32 Å². The van der Waals surface area contributed by atoms with Gasteiger partial charge in [0.25, 0.3) is 5.91 Å². The van der Waals surface area contributed by atoms with E-state index in [4.69, 9.17) is 4.74 Å². The summed E-state index contributed by atoms with van der Waals surface area (Å²) in [4.78, 5) is 12.2. The van der Waals surface area contributed by atoms with Crippen molar-refractivity contribution in [2.24, 2.45) is 0 Å². The van der Waals surface area contributed by atoms with Gasteiger partial charge in [0.05, 0.1) is 5.69 Å². The molecular formula is C16H12F3NO3. The maximum absolute atomic E-state index is 12.4. The van der Waals surface area contributed by atoms with Crippen molar-refractivity contribution in [3.8, 4) is 11.5 Å². The van der Waals surface area contributed by atoms with Gasteiger partial charge in [0, 0.05) is 6.42 Å². The second-order valence-electron chi connectivity index (χ2n) is 4.95. The van der Waals surface area contributed by atoms with Crippen LogP contribution in [0.15, 0.2) is 48.5 Å². The van der Waals surface area contributed by atoms with Crippen LogP contribution in [0, 0.1) is 0 Å². The monoisotopic (exact) mass is 323 g/mol. The minimum absolute atomic E-state index is 0.0608. The number of carbonyl (C=O) groups is 1. The molecule has 3 rings (SSSR count). The van der Waals surface area contributed by atoms with Crippen LogP contribution in [0.3, 0.4) is 0 Å². The Hall–Kier alpha value is -2.70. The van der Waals surface area contributed by atoms with E-state index in [9.17, 15) is 18.0 Å². The van der Waals surface area contributed by atoms with E-state index in [1.807, 2.05) is 12.1 Å². The standard InChI is InChI=1S/C16H12F3NO3/c17-16(18,19)23-13-8-4-2-6-11(13)20-15(21)14-9-10-5-1-3-7-12(10)22-14/h1-8,14H,9H2,(H,20,21). The summed E-state index contributed by atoms with van der Waals surface area (Å²) in [6.07, 6.45) is -5.25. The lowest BCUT2D eigenvalue weighted by Gasteiger charge is -2.15. The first-order chi connectivity index (χ1) is 10.9. The van der Waals surface area contributed by atoms with Gasteiger partial charge >= 0.3 is 6.36 Å². The number of hydrogen-bond donors (Lipinski definition) is 1. The van der Waals surface area contributed by atoms with Gasteiger partial charge in [-0.25, -0.2) is 0 Å². The number of alkyl halides is 3. The molecule has 1 atom stereocenters. The first-order valence-electron chi connectivity index (χ1n) is 6.82. The molecule has 0 spiro atoms. The highest BCUT2D eigenvalue weighted by Crippen LogP contribution is 2.32. The number of ether oxygens (including phenoxy) is 2. The number of hydrogen-bond acceptors (Lipinski definition) is 3. The number of rotatable bonds is 3. The molecule has 0 aliphatic carbocycles. The Morgan fingerprint density at radius 1 is 1.13 bits per heavy atom. The Balaban J connectivity index is 1.72. The molecule has 0 saturated heterocycles. The van der Waals surface area contributed by atoms with E-state index in [0.29, 0.717) is 12.2 Å². The average Bonchev–Trinajstić information content (AvgIpc) is 2.92. The molecule has 1 unspecified atom stereocenters. The summed E-state index contributed by atoms with van der Waals surface area (Å²) in [6, 6.07) is 12.5. The van der Waals surface area contributed by atoms with Crippen LogP contribution in [-0.2, 0) is 11.2 Å². The van der Waals surface area contributed by atoms with Crippen molar-refractivity contribution in [2.45, 2.75) is 18.9 Å². The van der Waals surface area contributed by atoms with Gasteiger partial charge in [0.15, 0.2) is 11.9 Å². The third-order valence-corrected chi connectivity index (χ3v) is 3.31. The van der Waals surface area contributed by atoms with E-state index in [2.05, 4.69) is 10.1 Å². The van der Waals surface area contributed by atoms with E-state index in [-0.39, 0.29) is 5.69 Å². The number of nitrogens with one attached hydrogen (secondary N) is 1. The zero-order valence-corrected chi connectivity index (χ0v) is 11.8. The normalized spacial score (nSPS) is 16.4. The summed E-state index contributed by atoms with van der Waals surface area (Å²) in [6.45, 7) is 0. The maximum Gasteiger partial charge on any atom is 0.573 e. The molecule has 4 nitrogen and oxygen atoms in total. The van der Waals surface area contributed by atoms with Gasteiger partial charge in [-0.05, 0) is 23.8 Å². The highest BCUT2D eigenvalue weighted by atomic mass is 19.4. The molecule has 0 fully saturated rings. The van der Waals surface area contributed by atoms with Crippen LogP contribution in [0.4, 0.5) is 18.9 Å². The van der Waals surface area contributed by atoms with Crippen LogP contribution in [0.25, 0.3) is 0 Å². The van der Waals surface area contributed by atoms with Crippen LogP contribution in [0.2, 0.25) is 0 Å². The Morgan fingerprint density at radius 2 is 1.83 bits per heavy atom. The molecule has 23 heavy (non-hydrogen) atoms. The van der Waals surface area contributed by atoms with E-state index in [0.717, 1.165) is 11.6 Å². The zero-order chi connectivity index (χ0) is 16.4. The minimum atomic E-state index is -4.83. The minimum Gasteiger partial charge on any atom is -0.480 e. The molecule has 0 radical (unpaired) electrons.